The van der Waals surface area contributed by atoms with Gasteiger partial charge in [0.05, 0.1) is 6.04 Å². The SMILES string of the molecule is CCN(CC)C(=O)Nc1ccc([C@@H](C)NC(=O)[C@H]2CC2(C)C)cc1. The van der Waals surface area contributed by atoms with E-state index in [4.69, 9.17) is 0 Å². The predicted molar refractivity (Wildman–Crippen MR) is 96.8 cm³/mol. The summed E-state index contributed by atoms with van der Waals surface area (Å²) in [5, 5.41) is 5.97. The smallest absolute Gasteiger partial charge is 0.321 e. The molecule has 2 atom stereocenters. The lowest BCUT2D eigenvalue weighted by Gasteiger charge is -2.20. The Morgan fingerprint density at radius 2 is 1.75 bits per heavy atom. The minimum Gasteiger partial charge on any atom is -0.349 e. The van der Waals surface area contributed by atoms with Crippen LogP contribution >= 0.6 is 0 Å². The first-order chi connectivity index (χ1) is 11.3. The average molecular weight is 331 g/mol. The summed E-state index contributed by atoms with van der Waals surface area (Å²) in [6, 6.07) is 7.51. The molecular weight excluding hydrogens is 302 g/mol. The lowest BCUT2D eigenvalue weighted by atomic mass is 10.1. The normalized spacial score (nSPS) is 19.3. The third-order valence-corrected chi connectivity index (χ3v) is 4.90. The van der Waals surface area contributed by atoms with E-state index in [2.05, 4.69) is 24.5 Å². The van der Waals surface area contributed by atoms with Crippen molar-refractivity contribution in [1.82, 2.24) is 10.2 Å². The van der Waals surface area contributed by atoms with Gasteiger partial charge in [-0.3, -0.25) is 4.79 Å². The van der Waals surface area contributed by atoms with Crippen molar-refractivity contribution in [2.75, 3.05) is 18.4 Å². The van der Waals surface area contributed by atoms with Gasteiger partial charge in [0.25, 0.3) is 0 Å². The van der Waals surface area contributed by atoms with Gasteiger partial charge >= 0.3 is 6.03 Å². The Hall–Kier alpha value is -2.04. The van der Waals surface area contributed by atoms with Gasteiger partial charge in [0, 0.05) is 24.7 Å². The van der Waals surface area contributed by atoms with E-state index in [0.717, 1.165) is 17.7 Å². The number of nitrogens with one attached hydrogen (secondary N) is 2. The van der Waals surface area contributed by atoms with Crippen LogP contribution in [0.2, 0.25) is 0 Å². The van der Waals surface area contributed by atoms with Crippen molar-refractivity contribution < 1.29 is 9.59 Å². The number of nitrogens with zero attached hydrogens (tertiary/aromatic N) is 1. The van der Waals surface area contributed by atoms with E-state index in [1.807, 2.05) is 45.0 Å². The number of rotatable bonds is 6. The molecule has 2 rings (SSSR count). The Balaban J connectivity index is 1.91. The first-order valence-electron chi connectivity index (χ1n) is 8.74. The maximum absolute atomic E-state index is 12.2. The Bertz CT molecular complexity index is 591. The first kappa shape index (κ1) is 18.3. The molecule has 1 aromatic carbocycles. The molecule has 1 aromatic rings. The molecule has 132 valence electrons. The van der Waals surface area contributed by atoms with Gasteiger partial charge in [0.2, 0.25) is 5.91 Å². The molecule has 5 nitrogen and oxygen atoms in total. The van der Waals surface area contributed by atoms with Crippen LogP contribution in [0.1, 0.15) is 52.6 Å². The van der Waals surface area contributed by atoms with Gasteiger partial charge in [-0.2, -0.15) is 0 Å². The van der Waals surface area contributed by atoms with Crippen molar-refractivity contribution in [2.24, 2.45) is 11.3 Å². The molecule has 0 heterocycles. The number of carbonyl (C=O) groups is 2. The van der Waals surface area contributed by atoms with E-state index in [1.165, 1.54) is 0 Å². The van der Waals surface area contributed by atoms with Crippen molar-refractivity contribution in [1.29, 1.82) is 0 Å². The van der Waals surface area contributed by atoms with Gasteiger partial charge in [-0.05, 0) is 50.3 Å². The summed E-state index contributed by atoms with van der Waals surface area (Å²) in [7, 11) is 0. The molecule has 0 bridgehead atoms. The summed E-state index contributed by atoms with van der Waals surface area (Å²) in [5.74, 6) is 0.263. The number of carbonyl (C=O) groups excluding carboxylic acids is 2. The van der Waals surface area contributed by atoms with Gasteiger partial charge in [0.1, 0.15) is 0 Å². The molecule has 5 heteroatoms. The maximum Gasteiger partial charge on any atom is 0.321 e. The van der Waals surface area contributed by atoms with Crippen LogP contribution in [-0.4, -0.2) is 29.9 Å². The van der Waals surface area contributed by atoms with E-state index in [1.54, 1.807) is 4.90 Å². The molecule has 24 heavy (non-hydrogen) atoms. The fourth-order valence-corrected chi connectivity index (χ4v) is 2.88. The van der Waals surface area contributed by atoms with Gasteiger partial charge in [0.15, 0.2) is 0 Å². The first-order valence-corrected chi connectivity index (χ1v) is 8.74. The summed E-state index contributed by atoms with van der Waals surface area (Å²) < 4.78 is 0. The molecule has 0 saturated heterocycles. The Kier molecular flexibility index (Phi) is 5.52. The molecule has 1 fully saturated rings. The number of benzene rings is 1. The highest BCUT2D eigenvalue weighted by Crippen LogP contribution is 2.51. The van der Waals surface area contributed by atoms with E-state index in [-0.39, 0.29) is 29.3 Å². The second-order valence-corrected chi connectivity index (χ2v) is 7.20. The molecule has 0 radical (unpaired) electrons. The summed E-state index contributed by atoms with van der Waals surface area (Å²) in [6.45, 7) is 11.5. The quantitative estimate of drug-likeness (QED) is 0.833. The van der Waals surface area contributed by atoms with Gasteiger partial charge in [-0.15, -0.1) is 0 Å². The van der Waals surface area contributed by atoms with Crippen molar-refractivity contribution in [2.45, 2.75) is 47.1 Å². The van der Waals surface area contributed by atoms with Crippen LogP contribution in [0.5, 0.6) is 0 Å². The van der Waals surface area contributed by atoms with Crippen LogP contribution in [0.4, 0.5) is 10.5 Å². The van der Waals surface area contributed by atoms with E-state index in [0.29, 0.717) is 13.1 Å². The van der Waals surface area contributed by atoms with Gasteiger partial charge < -0.3 is 15.5 Å². The number of hydrogen-bond acceptors (Lipinski definition) is 2. The van der Waals surface area contributed by atoms with Gasteiger partial charge in [-0.1, -0.05) is 26.0 Å². The van der Waals surface area contributed by atoms with E-state index in [9.17, 15) is 9.59 Å². The fourth-order valence-electron chi connectivity index (χ4n) is 2.88. The largest absolute Gasteiger partial charge is 0.349 e. The molecule has 0 spiro atoms. The zero-order chi connectivity index (χ0) is 17.9. The molecule has 1 aliphatic rings. The Morgan fingerprint density at radius 3 is 2.21 bits per heavy atom. The highest BCUT2D eigenvalue weighted by atomic mass is 16.2. The second kappa shape index (κ2) is 7.24. The Labute approximate surface area is 144 Å². The maximum atomic E-state index is 12.2. The van der Waals surface area contributed by atoms with E-state index >= 15 is 0 Å². The number of anilines is 1. The molecule has 0 aliphatic heterocycles. The third-order valence-electron chi connectivity index (χ3n) is 4.90. The molecular formula is C19H29N3O2. The van der Waals surface area contributed by atoms with Gasteiger partial charge in [-0.25, -0.2) is 4.79 Å². The monoisotopic (exact) mass is 331 g/mol. The van der Waals surface area contributed by atoms with Crippen molar-refractivity contribution in [3.05, 3.63) is 29.8 Å². The number of urea groups is 1. The van der Waals surface area contributed by atoms with Crippen molar-refractivity contribution >= 4 is 17.6 Å². The van der Waals surface area contributed by atoms with E-state index < -0.39 is 0 Å². The molecule has 1 saturated carbocycles. The zero-order valence-corrected chi connectivity index (χ0v) is 15.3. The fraction of sp³-hybridized carbons (Fsp3) is 0.579. The summed E-state index contributed by atoms with van der Waals surface area (Å²) >= 11 is 0. The lowest BCUT2D eigenvalue weighted by molar-refractivity contribution is -0.123. The highest BCUT2D eigenvalue weighted by molar-refractivity contribution is 5.89. The molecule has 3 amide bonds. The lowest BCUT2D eigenvalue weighted by Crippen LogP contribution is -2.34. The summed E-state index contributed by atoms with van der Waals surface area (Å²) in [6.07, 6.45) is 0.960. The Morgan fingerprint density at radius 1 is 1.21 bits per heavy atom. The number of hydrogen-bond donors (Lipinski definition) is 2. The van der Waals surface area contributed by atoms with Crippen LogP contribution in [0.15, 0.2) is 24.3 Å². The standard InChI is InChI=1S/C19H29N3O2/c1-6-22(7-2)18(24)21-15-10-8-14(9-11-15)13(3)20-17(23)16-12-19(16,4)5/h8-11,13,16H,6-7,12H2,1-5H3,(H,20,23)(H,21,24)/t13-,16-/m1/s1. The molecule has 0 aromatic heterocycles. The van der Waals surface area contributed by atoms with Crippen molar-refractivity contribution in [3.63, 3.8) is 0 Å². The summed E-state index contributed by atoms with van der Waals surface area (Å²) in [5.41, 5.74) is 1.93. The van der Waals surface area contributed by atoms with Crippen molar-refractivity contribution in [3.8, 4) is 0 Å². The summed E-state index contributed by atoms with van der Waals surface area (Å²) in [4.78, 5) is 26.0. The second-order valence-electron chi connectivity index (χ2n) is 7.20. The van der Waals surface area contributed by atoms with Crippen LogP contribution in [0, 0.1) is 11.3 Å². The zero-order valence-electron chi connectivity index (χ0n) is 15.3. The molecule has 0 unspecified atom stereocenters. The van der Waals surface area contributed by atoms with Crippen LogP contribution < -0.4 is 10.6 Å². The topological polar surface area (TPSA) is 61.4 Å². The average Bonchev–Trinajstić information content (AvgIpc) is 3.18. The third kappa shape index (κ3) is 4.28. The van der Waals surface area contributed by atoms with Crippen LogP contribution in [0.3, 0.4) is 0 Å². The number of amides is 3. The minimum atomic E-state index is -0.0925. The molecule has 1 aliphatic carbocycles. The van der Waals surface area contributed by atoms with Crippen LogP contribution in [0.25, 0.3) is 0 Å². The molecule has 2 N–H and O–H groups in total. The minimum absolute atomic E-state index is 0.0403. The predicted octanol–water partition coefficient (Wildman–Crippen LogP) is 3.78. The highest BCUT2D eigenvalue weighted by Gasteiger charge is 2.50. The van der Waals surface area contributed by atoms with Crippen LogP contribution in [-0.2, 0) is 4.79 Å².